The Morgan fingerprint density at radius 3 is 2.64 bits per heavy atom. The fraction of sp³-hybridized carbons (Fsp3) is 0.393. The van der Waals surface area contributed by atoms with Gasteiger partial charge in [0.2, 0.25) is 0 Å². The molecule has 1 aliphatic heterocycles. The van der Waals surface area contributed by atoms with Crippen molar-refractivity contribution in [3.05, 3.63) is 65.5 Å². The predicted octanol–water partition coefficient (Wildman–Crippen LogP) is 3.76. The maximum atomic E-state index is 9.45. The van der Waals surface area contributed by atoms with Gasteiger partial charge in [-0.1, -0.05) is 12.1 Å². The SMILES string of the molecule is C=N/C(=C\C=N/CNc1ccc(N2CCN(CCO)CC2)c(C)c1)Nc1cccc(C2(C#N)CC2)c1. The lowest BCUT2D eigenvalue weighted by atomic mass is 9.97. The third kappa shape index (κ3) is 6.30. The quantitative estimate of drug-likeness (QED) is 0.419. The summed E-state index contributed by atoms with van der Waals surface area (Å²) in [5.74, 6) is 0.594. The van der Waals surface area contributed by atoms with E-state index in [4.69, 9.17) is 5.11 Å². The molecule has 0 amide bonds. The highest BCUT2D eigenvalue weighted by Crippen LogP contribution is 2.47. The second kappa shape index (κ2) is 11.8. The first-order chi connectivity index (χ1) is 17.6. The minimum absolute atomic E-state index is 0.220. The third-order valence-electron chi connectivity index (χ3n) is 6.86. The number of nitrogens with one attached hydrogen (secondary N) is 2. The van der Waals surface area contributed by atoms with E-state index in [9.17, 15) is 5.26 Å². The Labute approximate surface area is 213 Å². The van der Waals surface area contributed by atoms with Crippen molar-refractivity contribution in [1.82, 2.24) is 4.90 Å². The molecular formula is C28H35N7O. The maximum absolute atomic E-state index is 9.45. The van der Waals surface area contributed by atoms with Crippen LogP contribution in [0.3, 0.4) is 0 Å². The van der Waals surface area contributed by atoms with Crippen molar-refractivity contribution in [3.63, 3.8) is 0 Å². The van der Waals surface area contributed by atoms with Crippen molar-refractivity contribution in [2.45, 2.75) is 25.2 Å². The Morgan fingerprint density at radius 1 is 1.17 bits per heavy atom. The Balaban J connectivity index is 1.27. The summed E-state index contributed by atoms with van der Waals surface area (Å²) >= 11 is 0. The molecule has 188 valence electrons. The van der Waals surface area contributed by atoms with E-state index in [0.29, 0.717) is 12.5 Å². The largest absolute Gasteiger partial charge is 0.395 e. The van der Waals surface area contributed by atoms with E-state index in [1.165, 1.54) is 11.3 Å². The van der Waals surface area contributed by atoms with E-state index < -0.39 is 0 Å². The summed E-state index contributed by atoms with van der Waals surface area (Å²) in [5, 5.41) is 25.2. The van der Waals surface area contributed by atoms with E-state index in [1.54, 1.807) is 12.3 Å². The Hall–Kier alpha value is -3.67. The highest BCUT2D eigenvalue weighted by molar-refractivity contribution is 5.74. The van der Waals surface area contributed by atoms with Crippen molar-refractivity contribution in [2.75, 3.05) is 61.5 Å². The number of aliphatic hydroxyl groups excluding tert-OH is 1. The highest BCUT2D eigenvalue weighted by atomic mass is 16.3. The summed E-state index contributed by atoms with van der Waals surface area (Å²) in [6, 6.07) is 16.8. The van der Waals surface area contributed by atoms with Gasteiger partial charge in [-0.15, -0.1) is 0 Å². The number of hydrogen-bond donors (Lipinski definition) is 3. The van der Waals surface area contributed by atoms with Gasteiger partial charge < -0.3 is 20.6 Å². The Morgan fingerprint density at radius 2 is 1.97 bits per heavy atom. The van der Waals surface area contributed by atoms with Crippen LogP contribution in [0, 0.1) is 18.3 Å². The fourth-order valence-electron chi connectivity index (χ4n) is 4.55. The lowest BCUT2D eigenvalue weighted by Gasteiger charge is -2.36. The van der Waals surface area contributed by atoms with Gasteiger partial charge in [0, 0.05) is 56.0 Å². The number of nitriles is 1. The van der Waals surface area contributed by atoms with Gasteiger partial charge >= 0.3 is 0 Å². The van der Waals surface area contributed by atoms with Gasteiger partial charge in [0.15, 0.2) is 0 Å². The van der Waals surface area contributed by atoms with Crippen LogP contribution in [0.2, 0.25) is 0 Å². The molecule has 8 nitrogen and oxygen atoms in total. The molecule has 1 saturated carbocycles. The Bertz CT molecular complexity index is 1150. The first-order valence-electron chi connectivity index (χ1n) is 12.5. The molecule has 0 bridgehead atoms. The van der Waals surface area contributed by atoms with Gasteiger partial charge in [0.05, 0.1) is 18.1 Å². The molecule has 0 radical (unpaired) electrons. The standard InChI is InChI=1S/C28H35N7O/c1-22-18-24(6-7-26(22)35-14-12-34(13-15-35)16-17-36)32-21-31-11-8-27(30-2)33-25-5-3-4-23(19-25)28(20-29)9-10-28/h3-8,11,18-19,32-33,36H,2,9-10,12-17,21H2,1H3/b27-8+,31-11-. The normalized spacial score (nSPS) is 17.6. The topological polar surface area (TPSA) is 99.3 Å². The van der Waals surface area contributed by atoms with Gasteiger partial charge in [0.1, 0.15) is 12.5 Å². The molecule has 4 rings (SSSR count). The van der Waals surface area contributed by atoms with Crippen LogP contribution in [-0.4, -0.2) is 68.9 Å². The number of aliphatic imine (C=N–C) groups is 2. The van der Waals surface area contributed by atoms with Crippen LogP contribution < -0.4 is 15.5 Å². The van der Waals surface area contributed by atoms with Gasteiger partial charge in [-0.3, -0.25) is 9.89 Å². The smallest absolute Gasteiger partial charge is 0.131 e. The van der Waals surface area contributed by atoms with Crippen LogP contribution in [-0.2, 0) is 5.41 Å². The number of anilines is 3. The number of piperazine rings is 1. The highest BCUT2D eigenvalue weighted by Gasteiger charge is 2.44. The van der Waals surface area contributed by atoms with Crippen molar-refractivity contribution in [2.24, 2.45) is 9.98 Å². The second-order valence-electron chi connectivity index (χ2n) is 9.33. The molecular weight excluding hydrogens is 450 g/mol. The zero-order valence-electron chi connectivity index (χ0n) is 21.0. The summed E-state index contributed by atoms with van der Waals surface area (Å²) < 4.78 is 0. The number of aliphatic hydroxyl groups is 1. The van der Waals surface area contributed by atoms with Crippen LogP contribution in [0.1, 0.15) is 24.0 Å². The molecule has 2 fully saturated rings. The summed E-state index contributed by atoms with van der Waals surface area (Å²) in [5.41, 5.74) is 5.12. The molecule has 2 aromatic rings. The minimum Gasteiger partial charge on any atom is -0.395 e. The Kier molecular flexibility index (Phi) is 8.36. The summed E-state index contributed by atoms with van der Waals surface area (Å²) in [6.07, 6.45) is 5.32. The molecule has 2 aromatic carbocycles. The summed E-state index contributed by atoms with van der Waals surface area (Å²) in [7, 11) is 0. The minimum atomic E-state index is -0.317. The molecule has 1 heterocycles. The molecule has 2 aliphatic rings. The zero-order chi connectivity index (χ0) is 25.4. The lowest BCUT2D eigenvalue weighted by molar-refractivity contribution is 0.188. The second-order valence-corrected chi connectivity index (χ2v) is 9.33. The van der Waals surface area contributed by atoms with Crippen LogP contribution in [0.5, 0.6) is 0 Å². The van der Waals surface area contributed by atoms with E-state index in [-0.39, 0.29) is 12.0 Å². The van der Waals surface area contributed by atoms with E-state index >= 15 is 0 Å². The molecule has 8 heteroatoms. The van der Waals surface area contributed by atoms with Gasteiger partial charge in [-0.25, -0.2) is 4.99 Å². The van der Waals surface area contributed by atoms with E-state index in [2.05, 4.69) is 68.3 Å². The van der Waals surface area contributed by atoms with Crippen molar-refractivity contribution < 1.29 is 5.11 Å². The third-order valence-corrected chi connectivity index (χ3v) is 6.86. The average molecular weight is 486 g/mol. The predicted molar refractivity (Wildman–Crippen MR) is 148 cm³/mol. The maximum Gasteiger partial charge on any atom is 0.131 e. The van der Waals surface area contributed by atoms with Gasteiger partial charge in [-0.05, 0) is 74.0 Å². The molecule has 36 heavy (non-hydrogen) atoms. The van der Waals surface area contributed by atoms with Gasteiger partial charge in [0.25, 0.3) is 0 Å². The molecule has 1 aliphatic carbocycles. The molecule has 0 unspecified atom stereocenters. The summed E-state index contributed by atoms with van der Waals surface area (Å²) in [4.78, 5) is 13.2. The number of nitrogens with zero attached hydrogens (tertiary/aromatic N) is 5. The zero-order valence-corrected chi connectivity index (χ0v) is 21.0. The van der Waals surface area contributed by atoms with Crippen molar-refractivity contribution >= 4 is 30.0 Å². The first kappa shape index (κ1) is 25.4. The molecule has 0 aromatic heterocycles. The molecule has 3 N–H and O–H groups in total. The number of benzene rings is 2. The molecule has 1 saturated heterocycles. The summed E-state index contributed by atoms with van der Waals surface area (Å²) in [6.45, 7) is 11.1. The average Bonchev–Trinajstić information content (AvgIpc) is 3.70. The number of hydrogen-bond acceptors (Lipinski definition) is 8. The first-order valence-corrected chi connectivity index (χ1v) is 12.5. The van der Waals surface area contributed by atoms with Crippen LogP contribution >= 0.6 is 0 Å². The van der Waals surface area contributed by atoms with Crippen molar-refractivity contribution in [1.29, 1.82) is 5.26 Å². The molecule has 0 atom stereocenters. The lowest BCUT2D eigenvalue weighted by Crippen LogP contribution is -2.47. The van der Waals surface area contributed by atoms with Gasteiger partial charge in [-0.2, -0.15) is 5.26 Å². The van der Waals surface area contributed by atoms with Crippen LogP contribution in [0.4, 0.5) is 17.1 Å². The number of β-amino-alcohol motifs (C(OH)–C–C–N with tert-alkyl or cyclic N) is 1. The monoisotopic (exact) mass is 485 g/mol. The number of aryl methyl sites for hydroxylation is 1. The van der Waals surface area contributed by atoms with Crippen LogP contribution in [0.25, 0.3) is 0 Å². The van der Waals surface area contributed by atoms with E-state index in [0.717, 1.165) is 62.5 Å². The van der Waals surface area contributed by atoms with Crippen molar-refractivity contribution in [3.8, 4) is 6.07 Å². The fourth-order valence-corrected chi connectivity index (χ4v) is 4.55. The number of allylic oxidation sites excluding steroid dienone is 1. The van der Waals surface area contributed by atoms with E-state index in [1.807, 2.05) is 24.3 Å². The number of rotatable bonds is 11. The molecule has 0 spiro atoms. The van der Waals surface area contributed by atoms with Crippen LogP contribution in [0.15, 0.2) is 64.3 Å².